The first-order valence-electron chi connectivity index (χ1n) is 12.7. The molecule has 2 aromatic carbocycles. The van der Waals surface area contributed by atoms with Gasteiger partial charge in [-0.1, -0.05) is 0 Å². The molecule has 2 aliphatic rings. The molecule has 0 radical (unpaired) electrons. The van der Waals surface area contributed by atoms with Crippen LogP contribution < -0.4 is 19.7 Å². The van der Waals surface area contributed by atoms with Gasteiger partial charge in [0.05, 0.1) is 24.2 Å². The molecule has 5 rings (SSSR count). The minimum Gasteiger partial charge on any atom is -0.495 e. The van der Waals surface area contributed by atoms with E-state index in [-0.39, 0.29) is 39.4 Å². The van der Waals surface area contributed by atoms with E-state index in [0.717, 1.165) is 41.5 Å². The number of benzene rings is 2. The summed E-state index contributed by atoms with van der Waals surface area (Å²) < 4.78 is 55.7. The number of carbonyl (C=O) groups excluding carboxylic acids is 1. The monoisotopic (exact) mass is 599 g/mol. The van der Waals surface area contributed by atoms with Gasteiger partial charge in [0.15, 0.2) is 17.4 Å². The Morgan fingerprint density at radius 1 is 1.24 bits per heavy atom. The van der Waals surface area contributed by atoms with Gasteiger partial charge in [0, 0.05) is 32.0 Å². The van der Waals surface area contributed by atoms with Gasteiger partial charge >= 0.3 is 0 Å². The maximum Gasteiger partial charge on any atom is 0.278 e. The molecule has 2 aliphatic heterocycles. The maximum atomic E-state index is 13.9. The average Bonchev–Trinajstić information content (AvgIpc) is 3.43. The van der Waals surface area contributed by atoms with Crippen LogP contribution in [0.1, 0.15) is 18.9 Å². The molecule has 3 aromatic rings. The first kappa shape index (κ1) is 28.3. The number of anilines is 3. The number of sulfonamides is 1. The Morgan fingerprint density at radius 3 is 2.78 bits per heavy atom. The first-order chi connectivity index (χ1) is 19.6. The lowest BCUT2D eigenvalue weighted by Gasteiger charge is -2.30. The van der Waals surface area contributed by atoms with E-state index >= 15 is 0 Å². The summed E-state index contributed by atoms with van der Waals surface area (Å²) in [5, 5.41) is 2.70. The van der Waals surface area contributed by atoms with Gasteiger partial charge in [-0.3, -0.25) is 18.4 Å². The summed E-state index contributed by atoms with van der Waals surface area (Å²) >= 11 is -2.35. The van der Waals surface area contributed by atoms with Gasteiger partial charge in [-0.15, -0.1) is 0 Å². The van der Waals surface area contributed by atoms with Crippen molar-refractivity contribution in [1.82, 2.24) is 9.29 Å². The zero-order chi connectivity index (χ0) is 29.3. The highest BCUT2D eigenvalue weighted by Crippen LogP contribution is 2.34. The van der Waals surface area contributed by atoms with E-state index in [2.05, 4.69) is 36.8 Å². The quantitative estimate of drug-likeness (QED) is 0.227. The van der Waals surface area contributed by atoms with Crippen LogP contribution in [0.3, 0.4) is 0 Å². The molecule has 4 N–H and O–H groups in total. The van der Waals surface area contributed by atoms with E-state index in [4.69, 9.17) is 4.74 Å². The number of hydrogen-bond acceptors (Lipinski definition) is 8. The number of amidine groups is 1. The zero-order valence-electron chi connectivity index (χ0n) is 22.5. The third-order valence-corrected chi connectivity index (χ3v) is 9.01. The maximum absolute atomic E-state index is 13.9. The van der Waals surface area contributed by atoms with Crippen LogP contribution in [0.25, 0.3) is 0 Å². The first-order valence-corrected chi connectivity index (χ1v) is 15.3. The molecule has 0 bridgehead atoms. The molecule has 0 aliphatic carbocycles. The van der Waals surface area contributed by atoms with Gasteiger partial charge in [-0.25, -0.2) is 22.6 Å². The number of aromatic amines is 1. The number of amides is 1. The van der Waals surface area contributed by atoms with Crippen molar-refractivity contribution in [2.24, 2.45) is 9.98 Å². The molecule has 3 heterocycles. The van der Waals surface area contributed by atoms with Crippen LogP contribution in [-0.2, 0) is 32.5 Å². The number of carbonyl (C=O) groups is 1. The van der Waals surface area contributed by atoms with Gasteiger partial charge in [0.25, 0.3) is 27.2 Å². The summed E-state index contributed by atoms with van der Waals surface area (Å²) in [5.41, 5.74) is 2.77. The normalized spacial score (nSPS) is 16.8. The molecule has 41 heavy (non-hydrogen) atoms. The Kier molecular flexibility index (Phi) is 7.84. The molecule has 0 spiro atoms. The smallest absolute Gasteiger partial charge is 0.278 e. The van der Waals surface area contributed by atoms with E-state index < -0.39 is 27.2 Å². The molecule has 1 unspecified atom stereocenters. The van der Waals surface area contributed by atoms with E-state index in [0.29, 0.717) is 5.69 Å². The molecule has 15 heteroatoms. The number of aliphatic imine (C=N–C) groups is 2. The minimum absolute atomic E-state index is 0.0191. The largest absolute Gasteiger partial charge is 0.495 e. The number of fused-ring (bicyclic) bond motifs is 2. The summed E-state index contributed by atoms with van der Waals surface area (Å²) in [7, 11) is -1.31. The van der Waals surface area contributed by atoms with Crippen molar-refractivity contribution >= 4 is 67.3 Å². The summed E-state index contributed by atoms with van der Waals surface area (Å²) in [5.74, 6) is -0.611. The molecule has 0 saturated carbocycles. The lowest BCUT2D eigenvalue weighted by atomic mass is 10.0. The molecule has 1 aromatic heterocycles. The molecule has 1 atom stereocenters. The number of ether oxygens (including phenoxy) is 1. The average molecular weight is 600 g/mol. The fourth-order valence-corrected chi connectivity index (χ4v) is 6.39. The number of hydrogen-bond donors (Lipinski definition) is 4. The fraction of sp³-hybridized carbons (Fsp3) is 0.269. The second kappa shape index (κ2) is 11.3. The van der Waals surface area contributed by atoms with Gasteiger partial charge in [-0.05, 0) is 67.8 Å². The lowest BCUT2D eigenvalue weighted by molar-refractivity contribution is -0.110. The Morgan fingerprint density at radius 2 is 2.05 bits per heavy atom. The molecular weight excluding hydrogens is 570 g/mol. The molecule has 0 saturated heterocycles. The van der Waals surface area contributed by atoms with Crippen LogP contribution in [0.2, 0.25) is 0 Å². The fourth-order valence-electron chi connectivity index (χ4n) is 4.82. The van der Waals surface area contributed by atoms with Crippen LogP contribution in [0, 0.1) is 0 Å². The molecule has 216 valence electrons. The molecule has 0 fully saturated rings. The molecular formula is C26H29N7O6S2. The van der Waals surface area contributed by atoms with Crippen molar-refractivity contribution in [3.8, 4) is 5.75 Å². The number of aryl methyl sites for hydroxylation is 1. The summed E-state index contributed by atoms with van der Waals surface area (Å²) in [6.07, 6.45) is 3.28. The number of aromatic nitrogens is 1. The third kappa shape index (κ3) is 5.55. The predicted octanol–water partition coefficient (Wildman–Crippen LogP) is 3.42. The summed E-state index contributed by atoms with van der Waals surface area (Å²) in [4.78, 5) is 28.0. The lowest BCUT2D eigenvalue weighted by Crippen LogP contribution is -2.44. The SMILES string of the molecule is CCN1CCCc2cc(N=C(C(=O)Nc3cc(NS(=O)O)ccc3OC)C3=Nc4[nH]ccc4S(=O)(=O)N3C)ccc21. The van der Waals surface area contributed by atoms with Crippen molar-refractivity contribution in [1.29, 1.82) is 0 Å². The van der Waals surface area contributed by atoms with Crippen molar-refractivity contribution in [3.63, 3.8) is 0 Å². The Bertz CT molecular complexity index is 1700. The number of methoxy groups -OCH3 is 1. The van der Waals surface area contributed by atoms with E-state index in [1.165, 1.54) is 44.6 Å². The van der Waals surface area contributed by atoms with Crippen LogP contribution in [-0.4, -0.2) is 71.2 Å². The van der Waals surface area contributed by atoms with Crippen LogP contribution in [0.4, 0.5) is 28.6 Å². The Labute approximate surface area is 239 Å². The highest BCUT2D eigenvalue weighted by Gasteiger charge is 2.37. The van der Waals surface area contributed by atoms with Gasteiger partial charge in [0.1, 0.15) is 10.6 Å². The summed E-state index contributed by atoms with van der Waals surface area (Å²) in [6.45, 7) is 3.91. The second-order valence-corrected chi connectivity index (χ2v) is 11.9. The van der Waals surface area contributed by atoms with E-state index in [9.17, 15) is 22.0 Å². The van der Waals surface area contributed by atoms with Gasteiger partial charge in [-0.2, -0.15) is 0 Å². The standard InChI is InChI=1S/C26H29N7O6S2/c1-4-33-13-5-6-16-14-17(7-9-20(16)33)28-23(25-30-24-22(11-12-27-24)41(37,38)32(25)2)26(34)29-19-15-18(31-40(35)36)8-10-21(19)39-3/h7-12,14-15,27,31H,4-6,13H2,1-3H3,(H,29,34)(H,35,36). The molecule has 1 amide bonds. The Balaban J connectivity index is 1.61. The zero-order valence-corrected chi connectivity index (χ0v) is 24.2. The van der Waals surface area contributed by atoms with E-state index in [1.807, 2.05) is 12.1 Å². The van der Waals surface area contributed by atoms with Crippen molar-refractivity contribution in [2.75, 3.05) is 42.2 Å². The highest BCUT2D eigenvalue weighted by molar-refractivity contribution is 7.90. The van der Waals surface area contributed by atoms with Crippen LogP contribution in [0.5, 0.6) is 5.75 Å². The minimum atomic E-state index is -4.02. The topological polar surface area (TPSA) is 169 Å². The number of rotatable bonds is 8. The number of nitrogens with zero attached hydrogens (tertiary/aromatic N) is 4. The van der Waals surface area contributed by atoms with Crippen molar-refractivity contribution < 1.29 is 26.7 Å². The van der Waals surface area contributed by atoms with Crippen LogP contribution >= 0.6 is 0 Å². The van der Waals surface area contributed by atoms with Crippen molar-refractivity contribution in [2.45, 2.75) is 24.7 Å². The number of nitrogens with one attached hydrogen (secondary N) is 3. The predicted molar refractivity (Wildman–Crippen MR) is 159 cm³/mol. The highest BCUT2D eigenvalue weighted by atomic mass is 32.2. The van der Waals surface area contributed by atoms with E-state index in [1.54, 1.807) is 6.07 Å². The second-order valence-electron chi connectivity index (χ2n) is 9.28. The van der Waals surface area contributed by atoms with Crippen LogP contribution in [0.15, 0.2) is 63.5 Å². The van der Waals surface area contributed by atoms with Crippen molar-refractivity contribution in [3.05, 3.63) is 54.2 Å². The van der Waals surface area contributed by atoms with Gasteiger partial charge < -0.3 is 19.9 Å². The third-order valence-electron chi connectivity index (χ3n) is 6.82. The summed E-state index contributed by atoms with van der Waals surface area (Å²) in [6, 6.07) is 11.4. The Hall–Kier alpha value is -4.21. The van der Waals surface area contributed by atoms with Gasteiger partial charge in [0.2, 0.25) is 0 Å². The molecule has 13 nitrogen and oxygen atoms in total. The number of H-pyrrole nitrogens is 1.